The van der Waals surface area contributed by atoms with Crippen LogP contribution in [0.15, 0.2) is 24.3 Å². The van der Waals surface area contributed by atoms with Crippen LogP contribution in [-0.2, 0) is 6.54 Å². The third kappa shape index (κ3) is 2.67. The Morgan fingerprint density at radius 2 is 2.06 bits per heavy atom. The van der Waals surface area contributed by atoms with E-state index in [0.717, 1.165) is 24.5 Å². The predicted octanol–water partition coefficient (Wildman–Crippen LogP) is 3.58. The maximum absolute atomic E-state index is 4.63. The Bertz CT molecular complexity index is 453. The van der Waals surface area contributed by atoms with Crippen LogP contribution in [0.1, 0.15) is 30.7 Å². The smallest absolute Gasteiger partial charge is 0.108 e. The average molecular weight is 246 g/mol. The normalized spacial score (nSPS) is 16.9. The average Bonchev–Trinajstić information content (AvgIpc) is 2.96. The van der Waals surface area contributed by atoms with Gasteiger partial charge in [-0.15, -0.1) is 11.3 Å². The molecule has 1 aliphatic rings. The minimum absolute atomic E-state index is 0.907. The van der Waals surface area contributed by atoms with Crippen LogP contribution in [0.3, 0.4) is 0 Å². The fourth-order valence-corrected chi connectivity index (χ4v) is 3.53. The Morgan fingerprint density at radius 1 is 1.24 bits per heavy atom. The Hall–Kier alpha value is -0.930. The van der Waals surface area contributed by atoms with Crippen molar-refractivity contribution < 1.29 is 0 Å². The van der Waals surface area contributed by atoms with Crippen LogP contribution in [0, 0.1) is 5.92 Å². The van der Waals surface area contributed by atoms with Crippen molar-refractivity contribution >= 4 is 21.6 Å². The number of nitrogens with one attached hydrogen (secondary N) is 1. The summed E-state index contributed by atoms with van der Waals surface area (Å²) in [6.45, 7) is 2.09. The number of para-hydroxylation sites is 1. The fraction of sp³-hybridized carbons (Fsp3) is 0.500. The second-order valence-electron chi connectivity index (χ2n) is 4.86. The molecule has 0 bridgehead atoms. The molecular weight excluding hydrogens is 228 g/mol. The van der Waals surface area contributed by atoms with Gasteiger partial charge in [0.05, 0.1) is 10.2 Å². The lowest BCUT2D eigenvalue weighted by Crippen LogP contribution is -2.20. The molecule has 3 heteroatoms. The van der Waals surface area contributed by atoms with E-state index in [2.05, 4.69) is 34.6 Å². The van der Waals surface area contributed by atoms with Crippen molar-refractivity contribution in [3.8, 4) is 0 Å². The van der Waals surface area contributed by atoms with Crippen LogP contribution in [0.4, 0.5) is 0 Å². The number of thiazole rings is 1. The number of hydrogen-bond acceptors (Lipinski definition) is 3. The summed E-state index contributed by atoms with van der Waals surface area (Å²) < 4.78 is 1.30. The number of rotatable bonds is 4. The van der Waals surface area contributed by atoms with Crippen LogP contribution in [-0.4, -0.2) is 11.5 Å². The van der Waals surface area contributed by atoms with Crippen LogP contribution in [0.2, 0.25) is 0 Å². The predicted molar refractivity (Wildman–Crippen MR) is 73.3 cm³/mol. The maximum atomic E-state index is 4.63. The quantitative estimate of drug-likeness (QED) is 0.892. The summed E-state index contributed by atoms with van der Waals surface area (Å²) in [5, 5.41) is 4.76. The van der Waals surface area contributed by atoms with Crippen LogP contribution >= 0.6 is 11.3 Å². The van der Waals surface area contributed by atoms with Gasteiger partial charge in [-0.2, -0.15) is 0 Å². The van der Waals surface area contributed by atoms with E-state index < -0.39 is 0 Å². The first kappa shape index (κ1) is 11.2. The summed E-state index contributed by atoms with van der Waals surface area (Å²) in [4.78, 5) is 4.63. The number of aromatic nitrogens is 1. The molecule has 0 aliphatic heterocycles. The summed E-state index contributed by atoms with van der Waals surface area (Å²) in [7, 11) is 0. The van der Waals surface area contributed by atoms with E-state index in [1.54, 1.807) is 11.3 Å². The second kappa shape index (κ2) is 5.15. The molecule has 1 aromatic heterocycles. The molecule has 3 rings (SSSR count). The van der Waals surface area contributed by atoms with Crippen molar-refractivity contribution in [3.05, 3.63) is 29.3 Å². The monoisotopic (exact) mass is 246 g/mol. The molecule has 0 atom stereocenters. The zero-order valence-corrected chi connectivity index (χ0v) is 10.8. The lowest BCUT2D eigenvalue weighted by atomic mass is 10.1. The Kier molecular flexibility index (Phi) is 3.39. The molecule has 17 heavy (non-hydrogen) atoms. The minimum atomic E-state index is 0.907. The molecule has 1 saturated carbocycles. The van der Waals surface area contributed by atoms with Crippen LogP contribution in [0.25, 0.3) is 10.2 Å². The highest BCUT2D eigenvalue weighted by Crippen LogP contribution is 2.24. The first-order chi connectivity index (χ1) is 8.42. The Morgan fingerprint density at radius 3 is 2.88 bits per heavy atom. The molecule has 0 spiro atoms. The van der Waals surface area contributed by atoms with Gasteiger partial charge in [-0.05, 0) is 37.4 Å². The molecule has 0 amide bonds. The topological polar surface area (TPSA) is 24.9 Å². The Balaban J connectivity index is 1.57. The van der Waals surface area contributed by atoms with Gasteiger partial charge in [-0.3, -0.25) is 0 Å². The highest BCUT2D eigenvalue weighted by Gasteiger charge is 2.14. The van der Waals surface area contributed by atoms with Crippen molar-refractivity contribution in [3.63, 3.8) is 0 Å². The largest absolute Gasteiger partial charge is 0.310 e. The number of nitrogens with zero attached hydrogens (tertiary/aromatic N) is 1. The molecule has 0 radical (unpaired) electrons. The van der Waals surface area contributed by atoms with E-state index in [-0.39, 0.29) is 0 Å². The summed E-state index contributed by atoms with van der Waals surface area (Å²) in [5.41, 5.74) is 1.13. The second-order valence-corrected chi connectivity index (χ2v) is 5.97. The highest BCUT2D eigenvalue weighted by atomic mass is 32.1. The number of fused-ring (bicyclic) bond motifs is 1. The van der Waals surface area contributed by atoms with E-state index in [1.165, 1.54) is 35.4 Å². The molecule has 90 valence electrons. The van der Waals surface area contributed by atoms with Crippen LogP contribution < -0.4 is 5.32 Å². The van der Waals surface area contributed by atoms with E-state index in [1.807, 2.05) is 0 Å². The zero-order valence-electron chi connectivity index (χ0n) is 9.98. The third-order valence-corrected chi connectivity index (χ3v) is 4.56. The van der Waals surface area contributed by atoms with Crippen molar-refractivity contribution in [1.29, 1.82) is 0 Å². The van der Waals surface area contributed by atoms with E-state index in [9.17, 15) is 0 Å². The molecule has 1 N–H and O–H groups in total. The standard InChI is InChI=1S/C14H18N2S/c1-2-6-11(5-1)9-15-10-14-16-12-7-3-4-8-13(12)17-14/h3-4,7-8,11,15H,1-2,5-6,9-10H2. The molecule has 1 aliphatic carbocycles. The molecule has 1 fully saturated rings. The minimum Gasteiger partial charge on any atom is -0.310 e. The molecule has 2 aromatic rings. The summed E-state index contributed by atoms with van der Waals surface area (Å²) >= 11 is 1.81. The van der Waals surface area contributed by atoms with Gasteiger partial charge in [0.25, 0.3) is 0 Å². The maximum Gasteiger partial charge on any atom is 0.108 e. The molecular formula is C14H18N2S. The van der Waals surface area contributed by atoms with Crippen molar-refractivity contribution in [2.75, 3.05) is 6.54 Å². The van der Waals surface area contributed by atoms with Gasteiger partial charge >= 0.3 is 0 Å². The molecule has 1 heterocycles. The number of hydrogen-bond donors (Lipinski definition) is 1. The summed E-state index contributed by atoms with van der Waals surface area (Å²) in [5.74, 6) is 0.907. The molecule has 0 saturated heterocycles. The Labute approximate surface area is 106 Å². The highest BCUT2D eigenvalue weighted by molar-refractivity contribution is 7.18. The zero-order chi connectivity index (χ0) is 11.5. The fourth-order valence-electron chi connectivity index (χ4n) is 2.59. The van der Waals surface area contributed by atoms with E-state index in [0.29, 0.717) is 0 Å². The van der Waals surface area contributed by atoms with Gasteiger partial charge in [-0.1, -0.05) is 25.0 Å². The van der Waals surface area contributed by atoms with E-state index >= 15 is 0 Å². The summed E-state index contributed by atoms with van der Waals surface area (Å²) in [6.07, 6.45) is 5.67. The lowest BCUT2D eigenvalue weighted by molar-refractivity contribution is 0.489. The van der Waals surface area contributed by atoms with Gasteiger partial charge in [0.1, 0.15) is 5.01 Å². The number of benzene rings is 1. The van der Waals surface area contributed by atoms with Gasteiger partial charge in [0.2, 0.25) is 0 Å². The van der Waals surface area contributed by atoms with Gasteiger partial charge < -0.3 is 5.32 Å². The first-order valence-electron chi connectivity index (χ1n) is 6.47. The van der Waals surface area contributed by atoms with Gasteiger partial charge in [-0.25, -0.2) is 4.98 Å². The molecule has 1 aromatic carbocycles. The van der Waals surface area contributed by atoms with Crippen LogP contribution in [0.5, 0.6) is 0 Å². The van der Waals surface area contributed by atoms with Gasteiger partial charge in [0, 0.05) is 6.54 Å². The summed E-state index contributed by atoms with van der Waals surface area (Å²) in [6, 6.07) is 8.37. The third-order valence-electron chi connectivity index (χ3n) is 3.52. The molecule has 2 nitrogen and oxygen atoms in total. The van der Waals surface area contributed by atoms with Crippen molar-refractivity contribution in [2.24, 2.45) is 5.92 Å². The van der Waals surface area contributed by atoms with E-state index in [4.69, 9.17) is 0 Å². The van der Waals surface area contributed by atoms with Gasteiger partial charge in [0.15, 0.2) is 0 Å². The SMILES string of the molecule is c1ccc2sc(CNCC3CCCC3)nc2c1. The lowest BCUT2D eigenvalue weighted by Gasteiger charge is -2.08. The first-order valence-corrected chi connectivity index (χ1v) is 7.28. The molecule has 0 unspecified atom stereocenters. The van der Waals surface area contributed by atoms with Crippen molar-refractivity contribution in [1.82, 2.24) is 10.3 Å². The van der Waals surface area contributed by atoms with Crippen molar-refractivity contribution in [2.45, 2.75) is 32.2 Å².